The minimum Gasteiger partial charge on any atom is -0.394 e. The maximum Gasteiger partial charge on any atom is 0.471 e. The molecule has 3 aliphatic heterocycles. The van der Waals surface area contributed by atoms with Gasteiger partial charge < -0.3 is 39.6 Å². The number of alkyl halides is 3. The van der Waals surface area contributed by atoms with Crippen LogP contribution >= 0.6 is 0 Å². The normalized spacial score (nSPS) is 52.6. The molecule has 0 aromatic rings. The van der Waals surface area contributed by atoms with Gasteiger partial charge >= 0.3 is 12.1 Å². The van der Waals surface area contributed by atoms with Crippen LogP contribution in [0, 0.1) is 46.3 Å². The third kappa shape index (κ3) is 5.42. The van der Waals surface area contributed by atoms with E-state index in [9.17, 15) is 33.3 Å². The van der Waals surface area contributed by atoms with E-state index in [1.807, 2.05) is 0 Å². The Hall–Kier alpha value is -1.28. The Morgan fingerprint density at radius 3 is 2.53 bits per heavy atom. The predicted molar refractivity (Wildman–Crippen MR) is 162 cm³/mol. The Morgan fingerprint density at radius 2 is 1.85 bits per heavy atom. The van der Waals surface area contributed by atoms with Crippen LogP contribution in [-0.4, -0.2) is 89.3 Å². The minimum absolute atomic E-state index is 0.0290. The summed E-state index contributed by atoms with van der Waals surface area (Å²) in [6.45, 7) is 9.58. The summed E-state index contributed by atoms with van der Waals surface area (Å²) in [4.78, 5) is 11.8. The van der Waals surface area contributed by atoms with Gasteiger partial charge in [-0.05, 0) is 91.8 Å². The third-order valence-corrected chi connectivity index (χ3v) is 14.1. The molecule has 3 heterocycles. The summed E-state index contributed by atoms with van der Waals surface area (Å²) in [5.74, 6) is 0.360. The van der Waals surface area contributed by atoms with Gasteiger partial charge in [-0.2, -0.15) is 13.2 Å². The topological polar surface area (TPSA) is 127 Å². The monoisotopic (exact) mass is 671 g/mol. The van der Waals surface area contributed by atoms with Crippen LogP contribution in [0.3, 0.4) is 0 Å². The molecule has 0 aromatic carbocycles. The van der Waals surface area contributed by atoms with Gasteiger partial charge in [-0.25, -0.2) is 0 Å². The Kier molecular flexibility index (Phi) is 8.66. The Bertz CT molecular complexity index is 1240. The summed E-state index contributed by atoms with van der Waals surface area (Å²) in [5, 5.41) is 32.4. The van der Waals surface area contributed by atoms with E-state index in [1.54, 1.807) is 5.32 Å². The van der Waals surface area contributed by atoms with Gasteiger partial charge in [0, 0.05) is 12.3 Å². The van der Waals surface area contributed by atoms with Crippen molar-refractivity contribution in [3.63, 3.8) is 0 Å². The van der Waals surface area contributed by atoms with Crippen molar-refractivity contribution in [2.45, 2.75) is 140 Å². The van der Waals surface area contributed by atoms with Crippen LogP contribution in [0.2, 0.25) is 0 Å². The highest BCUT2D eigenvalue weighted by atomic mass is 19.4. The number of amides is 1. The van der Waals surface area contributed by atoms with E-state index in [0.717, 1.165) is 51.6 Å². The van der Waals surface area contributed by atoms with E-state index in [2.05, 4.69) is 33.8 Å². The fraction of sp³-hybridized carbons (Fsp3) is 0.914. The van der Waals surface area contributed by atoms with Crippen molar-refractivity contribution >= 4 is 5.91 Å². The molecule has 3 saturated carbocycles. The molecule has 0 radical (unpaired) electrons. The zero-order valence-corrected chi connectivity index (χ0v) is 27.9. The van der Waals surface area contributed by atoms with Crippen LogP contribution in [0.4, 0.5) is 13.2 Å². The van der Waals surface area contributed by atoms with Crippen LogP contribution < -0.4 is 5.32 Å². The van der Waals surface area contributed by atoms with Crippen molar-refractivity contribution in [1.29, 1.82) is 0 Å². The lowest BCUT2D eigenvalue weighted by atomic mass is 9.47. The van der Waals surface area contributed by atoms with Gasteiger partial charge in [0.25, 0.3) is 0 Å². The first-order valence-corrected chi connectivity index (χ1v) is 17.8. The second-order valence-corrected chi connectivity index (χ2v) is 16.5. The van der Waals surface area contributed by atoms with Gasteiger partial charge in [0.1, 0.15) is 24.4 Å². The highest BCUT2D eigenvalue weighted by molar-refractivity contribution is 5.82. The quantitative estimate of drug-likeness (QED) is 0.328. The molecule has 6 fully saturated rings. The number of carbonyl (C=O) groups is 1. The molecule has 266 valence electrons. The number of rotatable bonds is 4. The maximum atomic E-state index is 13.1. The second-order valence-electron chi connectivity index (χ2n) is 16.5. The lowest BCUT2D eigenvalue weighted by Gasteiger charge is -2.58. The Balaban J connectivity index is 1.05. The number of aliphatic hydroxyl groups excluding tert-OH is 3. The van der Waals surface area contributed by atoms with Crippen LogP contribution in [0.25, 0.3) is 0 Å². The maximum absolute atomic E-state index is 13.1. The van der Waals surface area contributed by atoms with Crippen molar-refractivity contribution in [1.82, 2.24) is 5.32 Å². The standard InChI is InChI=1S/C35H52F3NO8/c1-17-7-12-34(44-16-17)18(2)26-24(47-34)14-23-21-6-5-19-13-20(8-10-32(19,3)22(21)9-11-33(23,26)4)45-30-27(39-31(43)35(36,37)38)29(42)28(41)25(15-40)46-30/h5,17-18,20-30,40-42H,6-16H2,1-4H3,(H,39,43)/t17-,18+,20+,21-,22+,23+,24+,25-,26+,27-,28-,29-,30-,32+,33+,34-/m1/s1. The number of halogens is 3. The minimum atomic E-state index is -5.19. The average Bonchev–Trinajstić information content (AvgIpc) is 3.47. The van der Waals surface area contributed by atoms with E-state index in [1.165, 1.54) is 5.57 Å². The van der Waals surface area contributed by atoms with Gasteiger partial charge in [-0.3, -0.25) is 4.79 Å². The molecule has 9 nitrogen and oxygen atoms in total. The molecule has 0 unspecified atom stereocenters. The van der Waals surface area contributed by atoms with Gasteiger partial charge in [0.05, 0.1) is 25.4 Å². The Labute approximate surface area is 274 Å². The number of carbonyl (C=O) groups excluding carboxylic acids is 1. The number of nitrogens with one attached hydrogen (secondary N) is 1. The van der Waals surface area contributed by atoms with E-state index in [4.69, 9.17) is 18.9 Å². The first kappa shape index (κ1) is 34.2. The second kappa shape index (κ2) is 11.9. The van der Waals surface area contributed by atoms with Crippen molar-refractivity contribution < 1.29 is 52.2 Å². The molecule has 7 aliphatic rings. The van der Waals surface area contributed by atoms with Crippen molar-refractivity contribution in [2.75, 3.05) is 13.2 Å². The molecule has 4 N–H and O–H groups in total. The zero-order valence-electron chi connectivity index (χ0n) is 27.9. The van der Waals surface area contributed by atoms with Gasteiger partial charge in [0.15, 0.2) is 12.1 Å². The van der Waals surface area contributed by atoms with Gasteiger partial charge in [0.2, 0.25) is 0 Å². The summed E-state index contributed by atoms with van der Waals surface area (Å²) in [6, 6.07) is -1.66. The van der Waals surface area contributed by atoms with Crippen LogP contribution in [0.5, 0.6) is 0 Å². The Morgan fingerprint density at radius 1 is 1.09 bits per heavy atom. The molecule has 0 aromatic heterocycles. The number of aliphatic hydroxyl groups is 3. The number of allylic oxidation sites excluding steroid dienone is 1. The van der Waals surface area contributed by atoms with Crippen molar-refractivity contribution in [3.05, 3.63) is 11.6 Å². The van der Waals surface area contributed by atoms with Crippen LogP contribution in [0.15, 0.2) is 11.6 Å². The summed E-state index contributed by atoms with van der Waals surface area (Å²) in [7, 11) is 0. The summed E-state index contributed by atoms with van der Waals surface area (Å²) in [5.41, 5.74) is 1.46. The molecule has 1 spiro atoms. The SMILES string of the molecule is C[C@@H]1CC[C@@]2(OC1)O[C@H]1C[C@H]3[C@@H]4CC=C5C[C@@H](O[C@@H]6O[C@H](CO)[C@@H](O)[C@H](O)[C@H]6NC(=O)C(F)(F)F)CC[C@]5(C)[C@H]4CC[C@]3(C)[C@H]1[C@@H]2C. The molecule has 1 amide bonds. The third-order valence-electron chi connectivity index (χ3n) is 14.1. The van der Waals surface area contributed by atoms with Crippen molar-refractivity contribution in [2.24, 2.45) is 46.3 Å². The lowest BCUT2D eigenvalue weighted by molar-refractivity contribution is -0.285. The number of ether oxygens (including phenoxy) is 4. The number of hydrogen-bond acceptors (Lipinski definition) is 8. The highest BCUT2D eigenvalue weighted by Crippen LogP contribution is 2.70. The summed E-state index contributed by atoms with van der Waals surface area (Å²) >= 11 is 0. The molecule has 0 bridgehead atoms. The molecule has 16 atom stereocenters. The van der Waals surface area contributed by atoms with E-state index in [-0.39, 0.29) is 16.9 Å². The first-order chi connectivity index (χ1) is 22.1. The van der Waals surface area contributed by atoms with Crippen LogP contribution in [-0.2, 0) is 23.7 Å². The molecule has 3 saturated heterocycles. The molecule has 7 rings (SSSR count). The fourth-order valence-electron chi connectivity index (χ4n) is 11.5. The molecule has 12 heteroatoms. The van der Waals surface area contributed by atoms with Gasteiger partial charge in [-0.1, -0.05) is 39.3 Å². The van der Waals surface area contributed by atoms with E-state index >= 15 is 0 Å². The highest BCUT2D eigenvalue weighted by Gasteiger charge is 2.68. The lowest BCUT2D eigenvalue weighted by Crippen LogP contribution is -2.66. The largest absolute Gasteiger partial charge is 0.471 e. The molecular weight excluding hydrogens is 619 g/mol. The summed E-state index contributed by atoms with van der Waals surface area (Å²) in [6.07, 6.45) is -0.799. The average molecular weight is 672 g/mol. The molecule has 47 heavy (non-hydrogen) atoms. The molecule has 4 aliphatic carbocycles. The number of fused-ring (bicyclic) bond motifs is 7. The predicted octanol–water partition coefficient (Wildman–Crippen LogP) is 4.22. The zero-order chi connectivity index (χ0) is 33.7. The smallest absolute Gasteiger partial charge is 0.394 e. The van der Waals surface area contributed by atoms with Gasteiger partial charge in [-0.15, -0.1) is 0 Å². The van der Waals surface area contributed by atoms with E-state index < -0.39 is 61.2 Å². The van der Waals surface area contributed by atoms with Crippen molar-refractivity contribution in [3.8, 4) is 0 Å². The molecular formula is C35H52F3NO8. The number of hydrogen-bond donors (Lipinski definition) is 4. The summed E-state index contributed by atoms with van der Waals surface area (Å²) < 4.78 is 64.5. The first-order valence-electron chi connectivity index (χ1n) is 17.8. The van der Waals surface area contributed by atoms with Crippen LogP contribution in [0.1, 0.15) is 85.5 Å². The fourth-order valence-corrected chi connectivity index (χ4v) is 11.5. The van der Waals surface area contributed by atoms with E-state index in [0.29, 0.717) is 48.3 Å².